The molecule has 27 heavy (non-hydrogen) atoms. The second kappa shape index (κ2) is 7.52. The minimum absolute atomic E-state index is 0.0760. The molecule has 0 radical (unpaired) electrons. The fourth-order valence-electron chi connectivity index (χ4n) is 4.21. The van der Waals surface area contributed by atoms with E-state index in [9.17, 15) is 4.79 Å². The van der Waals surface area contributed by atoms with E-state index in [0.29, 0.717) is 13.1 Å². The van der Waals surface area contributed by atoms with Crippen LogP contribution in [0.5, 0.6) is 0 Å². The molecule has 142 valence electrons. The third kappa shape index (κ3) is 3.47. The lowest BCUT2D eigenvalue weighted by atomic mass is 9.82. The van der Waals surface area contributed by atoms with Crippen molar-refractivity contribution < 1.29 is 9.53 Å². The Hall–Kier alpha value is -2.67. The number of aromatic nitrogens is 2. The van der Waals surface area contributed by atoms with E-state index >= 15 is 0 Å². The number of anilines is 2. The molecule has 1 aliphatic carbocycles. The normalized spacial score (nSPS) is 24.3. The maximum Gasteiger partial charge on any atom is 0.312 e. The number of hydrogen-bond donors (Lipinski definition) is 3. The third-order valence-corrected chi connectivity index (χ3v) is 5.55. The Bertz CT molecular complexity index is 827. The van der Waals surface area contributed by atoms with Gasteiger partial charge in [0.25, 0.3) is 0 Å². The molecule has 7 heteroatoms. The Balaban J connectivity index is 1.67. The first kappa shape index (κ1) is 17.7. The van der Waals surface area contributed by atoms with Gasteiger partial charge in [0, 0.05) is 24.6 Å². The summed E-state index contributed by atoms with van der Waals surface area (Å²) in [5, 5.41) is 6.70. The summed E-state index contributed by atoms with van der Waals surface area (Å²) < 4.78 is 4.94. The molecule has 1 aromatic carbocycles. The monoisotopic (exact) mass is 367 g/mol. The van der Waals surface area contributed by atoms with Crippen molar-refractivity contribution >= 4 is 17.7 Å². The number of carbonyl (C=O) groups excluding carboxylic acids is 1. The number of carbonyl (C=O) groups is 1. The van der Waals surface area contributed by atoms with Gasteiger partial charge in [-0.15, -0.1) is 0 Å². The van der Waals surface area contributed by atoms with Crippen molar-refractivity contribution in [3.8, 4) is 0 Å². The number of benzene rings is 1. The van der Waals surface area contributed by atoms with E-state index in [0.717, 1.165) is 36.3 Å². The van der Waals surface area contributed by atoms with Gasteiger partial charge in [0.05, 0.1) is 24.8 Å². The standard InChI is InChI=1S/C20H25N5O2/c1-27-19(26)15-10-22-11-16(15)23-18-14-9-5-8-13(12-6-3-2-4-7-12)17(14)24-20(21)25-18/h2-4,6-7,13,15-16,22H,5,8-11H2,1H3,(H3,21,23,24,25)/t13?,15?,16-/m0/s1. The van der Waals surface area contributed by atoms with E-state index < -0.39 is 0 Å². The maximum absolute atomic E-state index is 12.0. The molecule has 0 bridgehead atoms. The van der Waals surface area contributed by atoms with Gasteiger partial charge < -0.3 is 21.1 Å². The van der Waals surface area contributed by atoms with Gasteiger partial charge in [0.2, 0.25) is 5.95 Å². The fourth-order valence-corrected chi connectivity index (χ4v) is 4.21. The molecule has 2 aliphatic rings. The van der Waals surface area contributed by atoms with Gasteiger partial charge in [-0.1, -0.05) is 30.3 Å². The first-order valence-electron chi connectivity index (χ1n) is 9.43. The van der Waals surface area contributed by atoms with E-state index in [1.807, 2.05) is 6.07 Å². The number of ether oxygens (including phenoxy) is 1. The SMILES string of the molecule is COC(=O)C1CNC[C@@H]1Nc1nc(N)nc2c1CCCC2c1ccccc1. The van der Waals surface area contributed by atoms with Gasteiger partial charge in [0.1, 0.15) is 5.82 Å². The summed E-state index contributed by atoms with van der Waals surface area (Å²) in [7, 11) is 1.42. The highest BCUT2D eigenvalue weighted by molar-refractivity contribution is 5.75. The molecule has 0 amide bonds. The molecule has 2 heterocycles. The second-order valence-electron chi connectivity index (χ2n) is 7.19. The van der Waals surface area contributed by atoms with Crippen LogP contribution in [-0.4, -0.2) is 42.2 Å². The summed E-state index contributed by atoms with van der Waals surface area (Å²) in [5.41, 5.74) is 9.41. The van der Waals surface area contributed by atoms with Crippen LogP contribution < -0.4 is 16.4 Å². The van der Waals surface area contributed by atoms with Gasteiger partial charge in [-0.3, -0.25) is 4.79 Å². The lowest BCUT2D eigenvalue weighted by Crippen LogP contribution is -2.35. The minimum atomic E-state index is -0.240. The van der Waals surface area contributed by atoms with Crippen molar-refractivity contribution in [2.45, 2.75) is 31.2 Å². The van der Waals surface area contributed by atoms with Gasteiger partial charge in [0.15, 0.2) is 0 Å². The van der Waals surface area contributed by atoms with Crippen LogP contribution in [0.2, 0.25) is 0 Å². The number of rotatable bonds is 4. The fraction of sp³-hybridized carbons (Fsp3) is 0.450. The highest BCUT2D eigenvalue weighted by Crippen LogP contribution is 2.38. The molecule has 0 saturated carbocycles. The number of hydrogen-bond acceptors (Lipinski definition) is 7. The summed E-state index contributed by atoms with van der Waals surface area (Å²) in [5.74, 6) is 0.783. The van der Waals surface area contributed by atoms with Crippen molar-refractivity contribution in [3.63, 3.8) is 0 Å². The van der Waals surface area contributed by atoms with Crippen LogP contribution in [0.1, 0.15) is 35.6 Å². The largest absolute Gasteiger partial charge is 0.469 e. The molecular formula is C20H25N5O2. The Kier molecular flexibility index (Phi) is 4.94. The lowest BCUT2D eigenvalue weighted by Gasteiger charge is -2.28. The summed E-state index contributed by atoms with van der Waals surface area (Å²) in [6.07, 6.45) is 3.02. The molecule has 4 rings (SSSR count). The number of esters is 1. The number of nitrogens with two attached hydrogens (primary N) is 1. The first-order chi connectivity index (χ1) is 13.2. The van der Waals surface area contributed by atoms with Crippen LogP contribution >= 0.6 is 0 Å². The van der Waals surface area contributed by atoms with Crippen molar-refractivity contribution in [3.05, 3.63) is 47.2 Å². The van der Waals surface area contributed by atoms with Crippen LogP contribution in [0, 0.1) is 5.92 Å². The number of fused-ring (bicyclic) bond motifs is 1. The van der Waals surface area contributed by atoms with Crippen molar-refractivity contribution in [2.24, 2.45) is 5.92 Å². The van der Waals surface area contributed by atoms with Gasteiger partial charge in [-0.05, 0) is 24.8 Å². The zero-order valence-corrected chi connectivity index (χ0v) is 15.4. The average Bonchev–Trinajstić information content (AvgIpc) is 3.15. The number of methoxy groups -OCH3 is 1. The predicted octanol–water partition coefficient (Wildman–Crippen LogP) is 1.70. The first-order valence-corrected chi connectivity index (χ1v) is 9.43. The third-order valence-electron chi connectivity index (χ3n) is 5.55. The predicted molar refractivity (Wildman–Crippen MR) is 103 cm³/mol. The summed E-state index contributed by atoms with van der Waals surface area (Å²) in [4.78, 5) is 21.1. The van der Waals surface area contributed by atoms with Gasteiger partial charge >= 0.3 is 5.97 Å². The number of nitrogens with zero attached hydrogens (tertiary/aromatic N) is 2. The molecule has 0 spiro atoms. The Morgan fingerprint density at radius 3 is 2.85 bits per heavy atom. The summed E-state index contributed by atoms with van der Waals surface area (Å²) >= 11 is 0. The van der Waals surface area contributed by atoms with Crippen LogP contribution in [0.4, 0.5) is 11.8 Å². The van der Waals surface area contributed by atoms with E-state index in [-0.39, 0.29) is 29.8 Å². The summed E-state index contributed by atoms with van der Waals surface area (Å²) in [6, 6.07) is 10.3. The van der Waals surface area contributed by atoms with E-state index in [1.165, 1.54) is 12.7 Å². The van der Waals surface area contributed by atoms with E-state index in [2.05, 4.69) is 44.9 Å². The molecule has 2 aromatic rings. The maximum atomic E-state index is 12.0. The van der Waals surface area contributed by atoms with Crippen molar-refractivity contribution in [2.75, 3.05) is 31.2 Å². The van der Waals surface area contributed by atoms with Crippen LogP contribution in [0.25, 0.3) is 0 Å². The molecule has 4 N–H and O–H groups in total. The Morgan fingerprint density at radius 2 is 2.07 bits per heavy atom. The molecule has 1 aromatic heterocycles. The zero-order chi connectivity index (χ0) is 18.8. The molecule has 1 saturated heterocycles. The molecule has 7 nitrogen and oxygen atoms in total. The van der Waals surface area contributed by atoms with Gasteiger partial charge in [-0.25, -0.2) is 4.98 Å². The molecule has 3 atom stereocenters. The molecule has 1 aliphatic heterocycles. The minimum Gasteiger partial charge on any atom is -0.469 e. The van der Waals surface area contributed by atoms with E-state index in [4.69, 9.17) is 10.5 Å². The summed E-state index contributed by atoms with van der Waals surface area (Å²) in [6.45, 7) is 1.28. The average molecular weight is 367 g/mol. The highest BCUT2D eigenvalue weighted by atomic mass is 16.5. The quantitative estimate of drug-likeness (QED) is 0.707. The topological polar surface area (TPSA) is 102 Å². The van der Waals surface area contributed by atoms with Crippen LogP contribution in [0.3, 0.4) is 0 Å². The van der Waals surface area contributed by atoms with Crippen LogP contribution in [0.15, 0.2) is 30.3 Å². The number of nitrogens with one attached hydrogen (secondary N) is 2. The van der Waals surface area contributed by atoms with Crippen molar-refractivity contribution in [1.29, 1.82) is 0 Å². The smallest absolute Gasteiger partial charge is 0.312 e. The van der Waals surface area contributed by atoms with Crippen molar-refractivity contribution in [1.82, 2.24) is 15.3 Å². The Labute approximate surface area is 158 Å². The molecule has 1 fully saturated rings. The number of nitrogen functional groups attached to an aromatic ring is 1. The van der Waals surface area contributed by atoms with E-state index in [1.54, 1.807) is 0 Å². The van der Waals surface area contributed by atoms with Gasteiger partial charge in [-0.2, -0.15) is 4.98 Å². The second-order valence-corrected chi connectivity index (χ2v) is 7.19. The molecular weight excluding hydrogens is 342 g/mol. The van der Waals surface area contributed by atoms with Crippen LogP contribution in [-0.2, 0) is 16.0 Å². The lowest BCUT2D eigenvalue weighted by molar-refractivity contribution is -0.144. The molecule has 2 unspecified atom stereocenters. The Morgan fingerprint density at radius 1 is 1.26 bits per heavy atom. The highest BCUT2D eigenvalue weighted by Gasteiger charge is 2.35. The zero-order valence-electron chi connectivity index (χ0n) is 15.4.